The van der Waals surface area contributed by atoms with Gasteiger partial charge in [-0.15, -0.1) is 11.1 Å². The van der Waals surface area contributed by atoms with Gasteiger partial charge in [-0.1, -0.05) is 34.0 Å². The molecule has 3 aromatic rings. The highest BCUT2D eigenvalue weighted by Crippen LogP contribution is 2.34. The maximum atomic E-state index is 12.6. The van der Waals surface area contributed by atoms with Crippen molar-refractivity contribution in [3.63, 3.8) is 0 Å². The molecule has 0 saturated carbocycles. The highest BCUT2D eigenvalue weighted by molar-refractivity contribution is 9.10. The second-order valence-corrected chi connectivity index (χ2v) is 6.27. The first-order valence-corrected chi connectivity index (χ1v) is 8.56. The fourth-order valence-corrected chi connectivity index (χ4v) is 2.94. The van der Waals surface area contributed by atoms with Crippen LogP contribution >= 0.6 is 15.9 Å². The van der Waals surface area contributed by atoms with Crippen LogP contribution in [0.2, 0.25) is 0 Å². The second kappa shape index (κ2) is 7.93. The van der Waals surface area contributed by atoms with E-state index in [1.807, 2.05) is 0 Å². The summed E-state index contributed by atoms with van der Waals surface area (Å²) < 4.78 is 12.3. The fourth-order valence-electron chi connectivity index (χ4n) is 2.48. The van der Waals surface area contributed by atoms with Gasteiger partial charge in [0.25, 0.3) is 5.56 Å². The first-order valence-electron chi connectivity index (χ1n) is 7.77. The maximum absolute atomic E-state index is 12.6. The van der Waals surface area contributed by atoms with Crippen LogP contribution in [0, 0.1) is 12.3 Å². The predicted octanol–water partition coefficient (Wildman–Crippen LogP) is 2.36. The molecule has 0 unspecified atom stereocenters. The molecule has 1 heterocycles. The molecule has 0 atom stereocenters. The summed E-state index contributed by atoms with van der Waals surface area (Å²) in [6.45, 7) is 0.0232. The van der Waals surface area contributed by atoms with Gasteiger partial charge >= 0.3 is 5.69 Å². The van der Waals surface area contributed by atoms with Crippen LogP contribution in [0.15, 0.2) is 55.6 Å². The summed E-state index contributed by atoms with van der Waals surface area (Å²) in [6, 6.07) is 10.1. The first-order chi connectivity index (χ1) is 13.0. The molecule has 27 heavy (non-hydrogen) atoms. The van der Waals surface area contributed by atoms with Crippen molar-refractivity contribution >= 4 is 33.0 Å². The third kappa shape index (κ3) is 3.78. The van der Waals surface area contributed by atoms with Gasteiger partial charge in [0.2, 0.25) is 0 Å². The molecule has 0 fully saturated rings. The number of aromatic amines is 1. The number of aromatic nitrogens is 2. The van der Waals surface area contributed by atoms with Crippen LogP contribution in [-0.2, 0) is 0 Å². The van der Waals surface area contributed by atoms with Crippen molar-refractivity contribution in [3.05, 3.63) is 67.3 Å². The molecule has 136 valence electrons. The molecule has 0 saturated heterocycles. The average molecular weight is 428 g/mol. The zero-order valence-corrected chi connectivity index (χ0v) is 15.8. The SMILES string of the molecule is C#CCOc1c(C=Nn2c(=O)[nH]c3ccccc3c2=O)cc(Br)cc1OC. The highest BCUT2D eigenvalue weighted by atomic mass is 79.9. The average Bonchev–Trinajstić information content (AvgIpc) is 2.66. The number of ether oxygens (including phenoxy) is 2. The zero-order chi connectivity index (χ0) is 19.4. The molecule has 0 aliphatic rings. The van der Waals surface area contributed by atoms with Crippen LogP contribution in [0.1, 0.15) is 5.56 Å². The number of methoxy groups -OCH3 is 1. The van der Waals surface area contributed by atoms with E-state index in [0.29, 0.717) is 32.4 Å². The number of halogens is 1. The Morgan fingerprint density at radius 3 is 2.85 bits per heavy atom. The molecule has 2 aromatic carbocycles. The number of H-pyrrole nitrogens is 1. The van der Waals surface area contributed by atoms with E-state index in [9.17, 15) is 9.59 Å². The van der Waals surface area contributed by atoms with Crippen LogP contribution in [0.25, 0.3) is 10.9 Å². The van der Waals surface area contributed by atoms with Gasteiger partial charge in [0.1, 0.15) is 6.61 Å². The van der Waals surface area contributed by atoms with Gasteiger partial charge in [-0.3, -0.25) is 4.79 Å². The van der Waals surface area contributed by atoms with Gasteiger partial charge < -0.3 is 14.5 Å². The molecule has 0 aliphatic heterocycles. The summed E-state index contributed by atoms with van der Waals surface area (Å²) in [5.74, 6) is 3.16. The Hall–Kier alpha value is -3.31. The van der Waals surface area contributed by atoms with Crippen molar-refractivity contribution in [1.82, 2.24) is 9.66 Å². The van der Waals surface area contributed by atoms with Crippen molar-refractivity contribution in [1.29, 1.82) is 0 Å². The number of rotatable bonds is 5. The Kier molecular flexibility index (Phi) is 5.43. The topological polar surface area (TPSA) is 85.7 Å². The zero-order valence-electron chi connectivity index (χ0n) is 14.2. The largest absolute Gasteiger partial charge is 0.493 e. The molecule has 3 rings (SSSR count). The van der Waals surface area contributed by atoms with E-state index in [2.05, 4.69) is 31.9 Å². The van der Waals surface area contributed by atoms with E-state index in [-0.39, 0.29) is 6.61 Å². The summed E-state index contributed by atoms with van der Waals surface area (Å²) in [5.41, 5.74) is -0.251. The highest BCUT2D eigenvalue weighted by Gasteiger charge is 2.12. The summed E-state index contributed by atoms with van der Waals surface area (Å²) >= 11 is 3.37. The Morgan fingerprint density at radius 2 is 2.11 bits per heavy atom. The van der Waals surface area contributed by atoms with Crippen LogP contribution in [-0.4, -0.2) is 29.6 Å². The number of nitrogens with zero attached hydrogens (tertiary/aromatic N) is 2. The van der Waals surface area contributed by atoms with E-state index >= 15 is 0 Å². The lowest BCUT2D eigenvalue weighted by Crippen LogP contribution is -2.32. The first kappa shape index (κ1) is 18.5. The van der Waals surface area contributed by atoms with Gasteiger partial charge in [0.15, 0.2) is 11.5 Å². The third-order valence-electron chi connectivity index (χ3n) is 3.66. The number of benzene rings is 2. The molecular formula is C19H14BrN3O4. The van der Waals surface area contributed by atoms with E-state index in [1.54, 1.807) is 36.4 Å². The van der Waals surface area contributed by atoms with E-state index < -0.39 is 11.2 Å². The van der Waals surface area contributed by atoms with Gasteiger partial charge in [0, 0.05) is 10.0 Å². The van der Waals surface area contributed by atoms with E-state index in [4.69, 9.17) is 15.9 Å². The van der Waals surface area contributed by atoms with E-state index in [0.717, 1.165) is 4.68 Å². The molecule has 0 aliphatic carbocycles. The number of terminal acetylenes is 1. The predicted molar refractivity (Wildman–Crippen MR) is 107 cm³/mol. The van der Waals surface area contributed by atoms with Crippen LogP contribution < -0.4 is 20.7 Å². The van der Waals surface area contributed by atoms with Crippen molar-refractivity contribution < 1.29 is 9.47 Å². The molecule has 0 radical (unpaired) electrons. The molecule has 1 N–H and O–H groups in total. The lowest BCUT2D eigenvalue weighted by molar-refractivity contribution is 0.330. The Bertz CT molecular complexity index is 1190. The van der Waals surface area contributed by atoms with Gasteiger partial charge in [0.05, 0.1) is 24.2 Å². The monoisotopic (exact) mass is 427 g/mol. The van der Waals surface area contributed by atoms with Gasteiger partial charge in [-0.2, -0.15) is 5.10 Å². The normalized spacial score (nSPS) is 10.9. The minimum Gasteiger partial charge on any atom is -0.493 e. The standard InChI is InChI=1S/C19H14BrN3O4/c1-3-8-27-17-12(9-13(20)10-16(17)26-2)11-21-23-18(24)14-6-4-5-7-15(14)22-19(23)25/h1,4-7,9-11H,8H2,2H3,(H,22,25). The minimum absolute atomic E-state index is 0.0232. The van der Waals surface area contributed by atoms with Crippen LogP contribution in [0.5, 0.6) is 11.5 Å². The Labute approximate surface area is 162 Å². The number of hydrogen-bond acceptors (Lipinski definition) is 5. The van der Waals surface area contributed by atoms with Gasteiger partial charge in [-0.25, -0.2) is 4.79 Å². The summed E-state index contributed by atoms with van der Waals surface area (Å²) in [7, 11) is 1.49. The summed E-state index contributed by atoms with van der Waals surface area (Å²) in [4.78, 5) is 27.4. The summed E-state index contributed by atoms with van der Waals surface area (Å²) in [6.07, 6.45) is 6.59. The van der Waals surface area contributed by atoms with Crippen LogP contribution in [0.3, 0.4) is 0 Å². The molecule has 1 aromatic heterocycles. The lowest BCUT2D eigenvalue weighted by Gasteiger charge is -2.12. The lowest BCUT2D eigenvalue weighted by atomic mass is 10.2. The molecule has 0 bridgehead atoms. The Morgan fingerprint density at radius 1 is 1.33 bits per heavy atom. The number of nitrogens with one attached hydrogen (secondary N) is 1. The smallest absolute Gasteiger partial charge is 0.349 e. The molecule has 7 nitrogen and oxygen atoms in total. The third-order valence-corrected chi connectivity index (χ3v) is 4.12. The minimum atomic E-state index is -0.650. The maximum Gasteiger partial charge on any atom is 0.349 e. The van der Waals surface area contributed by atoms with Gasteiger partial charge in [-0.05, 0) is 24.3 Å². The fraction of sp³-hybridized carbons (Fsp3) is 0.105. The quantitative estimate of drug-likeness (QED) is 0.500. The number of hydrogen-bond donors (Lipinski definition) is 1. The van der Waals surface area contributed by atoms with E-state index in [1.165, 1.54) is 13.3 Å². The second-order valence-electron chi connectivity index (χ2n) is 5.36. The Balaban J connectivity index is 2.13. The molecule has 0 amide bonds. The van der Waals surface area contributed by atoms with Crippen molar-refractivity contribution in [2.24, 2.45) is 5.10 Å². The van der Waals surface area contributed by atoms with Crippen LogP contribution in [0.4, 0.5) is 0 Å². The number of fused-ring (bicyclic) bond motifs is 1. The van der Waals surface area contributed by atoms with Crippen molar-refractivity contribution in [2.75, 3.05) is 13.7 Å². The van der Waals surface area contributed by atoms with Crippen molar-refractivity contribution in [2.45, 2.75) is 0 Å². The summed E-state index contributed by atoms with van der Waals surface area (Å²) in [5, 5.41) is 4.39. The number of para-hydroxylation sites is 1. The van der Waals surface area contributed by atoms with Crippen molar-refractivity contribution in [3.8, 4) is 23.8 Å². The molecule has 8 heteroatoms. The molecule has 0 spiro atoms. The molecular weight excluding hydrogens is 414 g/mol.